The summed E-state index contributed by atoms with van der Waals surface area (Å²) in [6.07, 6.45) is 5.54. The number of nitrogens with two attached hydrogens (primary N) is 2. The van der Waals surface area contributed by atoms with Gasteiger partial charge in [0, 0.05) is 56.1 Å². The molecule has 0 amide bonds. The number of aliphatic imine (C=N–C) groups is 1. The molecule has 4 N–H and O–H groups in total. The molecule has 0 saturated carbocycles. The van der Waals surface area contributed by atoms with Crippen molar-refractivity contribution in [1.29, 1.82) is 0 Å². The van der Waals surface area contributed by atoms with Gasteiger partial charge in [0.2, 0.25) is 0 Å². The Morgan fingerprint density at radius 3 is 2.75 bits per heavy atom. The molecule has 1 aliphatic rings. The molecular formula is C20H22N4. The van der Waals surface area contributed by atoms with Crippen molar-refractivity contribution in [1.82, 2.24) is 4.90 Å². The van der Waals surface area contributed by atoms with Crippen molar-refractivity contribution < 1.29 is 0 Å². The molecule has 1 heterocycles. The first-order chi connectivity index (χ1) is 11.6. The fourth-order valence-corrected chi connectivity index (χ4v) is 3.04. The zero-order chi connectivity index (χ0) is 17.1. The van der Waals surface area contributed by atoms with Gasteiger partial charge < -0.3 is 16.4 Å². The lowest BCUT2D eigenvalue weighted by molar-refractivity contribution is 0.446. The van der Waals surface area contributed by atoms with Crippen LogP contribution in [-0.2, 0) is 6.54 Å². The molecule has 3 rings (SSSR count). The molecule has 1 aliphatic heterocycles. The second-order valence-corrected chi connectivity index (χ2v) is 5.96. The second kappa shape index (κ2) is 6.62. The van der Waals surface area contributed by atoms with Gasteiger partial charge >= 0.3 is 0 Å². The van der Waals surface area contributed by atoms with Crippen LogP contribution in [0.4, 0.5) is 5.69 Å². The first-order valence-corrected chi connectivity index (χ1v) is 7.88. The predicted molar refractivity (Wildman–Crippen MR) is 102 cm³/mol. The van der Waals surface area contributed by atoms with E-state index < -0.39 is 0 Å². The quantitative estimate of drug-likeness (QED) is 0.675. The summed E-state index contributed by atoms with van der Waals surface area (Å²) in [4.78, 5) is 6.27. The van der Waals surface area contributed by atoms with Crippen LogP contribution in [0.15, 0.2) is 59.9 Å². The van der Waals surface area contributed by atoms with Crippen molar-refractivity contribution in [2.75, 3.05) is 19.8 Å². The molecule has 24 heavy (non-hydrogen) atoms. The highest BCUT2D eigenvalue weighted by Crippen LogP contribution is 2.33. The van der Waals surface area contributed by atoms with E-state index in [4.69, 9.17) is 11.5 Å². The minimum atomic E-state index is 0.764. The SMILES string of the molecule is CN=CC(=CN)c1ccc2c(c1)C(c1cccc(N)c1)=CN(C)C2. The molecule has 122 valence electrons. The van der Waals surface area contributed by atoms with E-state index >= 15 is 0 Å². The van der Waals surface area contributed by atoms with Crippen LogP contribution in [0, 0.1) is 0 Å². The van der Waals surface area contributed by atoms with E-state index in [1.807, 2.05) is 18.2 Å². The number of rotatable bonds is 3. The highest BCUT2D eigenvalue weighted by atomic mass is 15.1. The number of allylic oxidation sites excluding steroid dienone is 1. The molecule has 0 atom stereocenters. The van der Waals surface area contributed by atoms with Crippen LogP contribution < -0.4 is 11.5 Å². The van der Waals surface area contributed by atoms with Crippen molar-refractivity contribution in [2.24, 2.45) is 10.7 Å². The number of benzene rings is 2. The molecule has 0 bridgehead atoms. The Balaban J connectivity index is 2.14. The summed E-state index contributed by atoms with van der Waals surface area (Å²) in [7, 11) is 3.83. The number of hydrogen-bond acceptors (Lipinski definition) is 4. The van der Waals surface area contributed by atoms with Crippen molar-refractivity contribution in [3.05, 3.63) is 77.1 Å². The normalized spacial score (nSPS) is 14.7. The monoisotopic (exact) mass is 318 g/mol. The van der Waals surface area contributed by atoms with Gasteiger partial charge in [0.25, 0.3) is 0 Å². The molecule has 2 aromatic rings. The lowest BCUT2D eigenvalue weighted by Crippen LogP contribution is -2.17. The molecular weight excluding hydrogens is 296 g/mol. The molecule has 0 aliphatic carbocycles. The van der Waals surface area contributed by atoms with Crippen LogP contribution in [0.2, 0.25) is 0 Å². The van der Waals surface area contributed by atoms with Gasteiger partial charge in [-0.2, -0.15) is 0 Å². The number of nitrogens with zero attached hydrogens (tertiary/aromatic N) is 2. The maximum Gasteiger partial charge on any atom is 0.0427 e. The molecule has 4 nitrogen and oxygen atoms in total. The van der Waals surface area contributed by atoms with Gasteiger partial charge in [-0.15, -0.1) is 0 Å². The fraction of sp³-hybridized carbons (Fsp3) is 0.150. The van der Waals surface area contributed by atoms with Crippen LogP contribution in [0.3, 0.4) is 0 Å². The number of hydrogen-bond donors (Lipinski definition) is 2. The standard InChI is InChI=1S/C20H22N4/c1-23-11-17(10-21)14-6-7-16-12-24(2)13-20(19(16)9-14)15-4-3-5-18(22)8-15/h3-11,13H,12,21-22H2,1-2H3. The van der Waals surface area contributed by atoms with Crippen LogP contribution in [0.5, 0.6) is 0 Å². The van der Waals surface area contributed by atoms with Gasteiger partial charge in [0.1, 0.15) is 0 Å². The van der Waals surface area contributed by atoms with E-state index in [2.05, 4.69) is 47.4 Å². The van der Waals surface area contributed by atoms with Crippen LogP contribution in [-0.4, -0.2) is 25.2 Å². The second-order valence-electron chi connectivity index (χ2n) is 5.96. The minimum absolute atomic E-state index is 0.764. The van der Waals surface area contributed by atoms with Crippen LogP contribution in [0.1, 0.15) is 22.3 Å². The van der Waals surface area contributed by atoms with E-state index in [1.54, 1.807) is 19.5 Å². The Kier molecular flexibility index (Phi) is 4.38. The van der Waals surface area contributed by atoms with Gasteiger partial charge in [0.15, 0.2) is 0 Å². The summed E-state index contributed by atoms with van der Waals surface area (Å²) < 4.78 is 0. The average Bonchev–Trinajstić information content (AvgIpc) is 2.58. The molecule has 0 saturated heterocycles. The molecule has 0 fully saturated rings. The Labute approximate surface area is 142 Å². The molecule has 0 radical (unpaired) electrons. The van der Waals surface area contributed by atoms with E-state index in [-0.39, 0.29) is 0 Å². The maximum atomic E-state index is 5.98. The first-order valence-electron chi connectivity index (χ1n) is 7.88. The smallest absolute Gasteiger partial charge is 0.0427 e. The molecule has 2 aromatic carbocycles. The number of anilines is 1. The van der Waals surface area contributed by atoms with Crippen molar-refractivity contribution in [3.63, 3.8) is 0 Å². The van der Waals surface area contributed by atoms with Gasteiger partial charge in [-0.05, 0) is 40.5 Å². The van der Waals surface area contributed by atoms with Crippen LogP contribution in [0.25, 0.3) is 11.1 Å². The summed E-state index contributed by atoms with van der Waals surface area (Å²) >= 11 is 0. The Bertz CT molecular complexity index is 846. The third-order valence-electron chi connectivity index (χ3n) is 4.15. The molecule has 0 unspecified atom stereocenters. The van der Waals surface area contributed by atoms with E-state index in [0.717, 1.165) is 34.5 Å². The van der Waals surface area contributed by atoms with Crippen molar-refractivity contribution in [2.45, 2.75) is 6.54 Å². The zero-order valence-corrected chi connectivity index (χ0v) is 14.0. The molecule has 4 heteroatoms. The highest BCUT2D eigenvalue weighted by molar-refractivity contribution is 6.10. The topological polar surface area (TPSA) is 67.6 Å². The number of nitrogen functional groups attached to an aromatic ring is 1. The summed E-state index contributed by atoms with van der Waals surface area (Å²) in [6, 6.07) is 14.4. The van der Waals surface area contributed by atoms with Gasteiger partial charge in [-0.3, -0.25) is 4.99 Å². The Morgan fingerprint density at radius 2 is 2.04 bits per heavy atom. The molecule has 0 spiro atoms. The number of fused-ring (bicyclic) bond motifs is 1. The third kappa shape index (κ3) is 3.04. The van der Waals surface area contributed by atoms with Crippen LogP contribution >= 0.6 is 0 Å². The molecule has 0 aromatic heterocycles. The fourth-order valence-electron chi connectivity index (χ4n) is 3.04. The predicted octanol–water partition coefficient (Wildman–Crippen LogP) is 3.10. The summed E-state index contributed by atoms with van der Waals surface area (Å²) in [5, 5.41) is 0. The van der Waals surface area contributed by atoms with Gasteiger partial charge in [0.05, 0.1) is 0 Å². The summed E-state index contributed by atoms with van der Waals surface area (Å²) in [5.74, 6) is 0. The minimum Gasteiger partial charge on any atom is -0.404 e. The Hall–Kier alpha value is -3.01. The largest absolute Gasteiger partial charge is 0.404 e. The summed E-state index contributed by atoms with van der Waals surface area (Å²) in [5.41, 5.74) is 19.2. The first kappa shape index (κ1) is 15.9. The van der Waals surface area contributed by atoms with Gasteiger partial charge in [-0.1, -0.05) is 24.3 Å². The lowest BCUT2D eigenvalue weighted by atomic mass is 9.89. The van der Waals surface area contributed by atoms with E-state index in [1.165, 1.54) is 11.1 Å². The zero-order valence-electron chi connectivity index (χ0n) is 14.0. The maximum absolute atomic E-state index is 5.98. The highest BCUT2D eigenvalue weighted by Gasteiger charge is 2.18. The van der Waals surface area contributed by atoms with E-state index in [9.17, 15) is 0 Å². The third-order valence-corrected chi connectivity index (χ3v) is 4.15. The van der Waals surface area contributed by atoms with E-state index in [0.29, 0.717) is 0 Å². The van der Waals surface area contributed by atoms with Crippen molar-refractivity contribution >= 4 is 23.0 Å². The summed E-state index contributed by atoms with van der Waals surface area (Å²) in [6.45, 7) is 0.880. The van der Waals surface area contributed by atoms with Gasteiger partial charge in [-0.25, -0.2) is 0 Å². The average molecular weight is 318 g/mol. The Morgan fingerprint density at radius 1 is 1.21 bits per heavy atom. The lowest BCUT2D eigenvalue weighted by Gasteiger charge is -2.26. The van der Waals surface area contributed by atoms with Crippen molar-refractivity contribution in [3.8, 4) is 0 Å².